The molecule has 0 saturated carbocycles. The van der Waals surface area contributed by atoms with Crippen LogP contribution >= 0.6 is 0 Å². The van der Waals surface area contributed by atoms with E-state index >= 15 is 0 Å². The maximum atomic E-state index is 14.6. The Balaban J connectivity index is 1.90. The highest BCUT2D eigenvalue weighted by Gasteiger charge is 2.38. The molecular weight excluding hydrogens is 332 g/mol. The van der Waals surface area contributed by atoms with E-state index in [1.165, 1.54) is 17.0 Å². The van der Waals surface area contributed by atoms with E-state index in [1.54, 1.807) is 26.1 Å². The topological polar surface area (TPSA) is 31.9 Å². The highest BCUT2D eigenvalue weighted by Crippen LogP contribution is 2.41. The summed E-state index contributed by atoms with van der Waals surface area (Å²) in [5, 5.41) is 1.20. The Morgan fingerprint density at radius 3 is 2.69 bits per heavy atom. The number of hydrogen-bond acceptors (Lipinski definition) is 2. The molecule has 4 rings (SSSR count). The molecular formula is C21H23F2N3. The van der Waals surface area contributed by atoms with Crippen molar-refractivity contribution < 1.29 is 8.78 Å². The molecule has 3 nitrogen and oxygen atoms in total. The Hall–Kier alpha value is -2.27. The summed E-state index contributed by atoms with van der Waals surface area (Å²) in [6.07, 6.45) is 2.41. The third kappa shape index (κ3) is 3.01. The molecule has 0 saturated heterocycles. The van der Waals surface area contributed by atoms with E-state index in [1.807, 2.05) is 12.1 Å². The van der Waals surface area contributed by atoms with Gasteiger partial charge in [-0.25, -0.2) is 9.37 Å². The van der Waals surface area contributed by atoms with Crippen LogP contribution in [0.1, 0.15) is 43.6 Å². The lowest BCUT2D eigenvalue weighted by atomic mass is 9.88. The van der Waals surface area contributed by atoms with Crippen LogP contribution < -0.4 is 0 Å². The van der Waals surface area contributed by atoms with Crippen molar-refractivity contribution in [1.29, 1.82) is 0 Å². The summed E-state index contributed by atoms with van der Waals surface area (Å²) in [6.45, 7) is 5.62. The predicted octanol–water partition coefficient (Wildman–Crippen LogP) is 4.79. The minimum atomic E-state index is -1.33. The highest BCUT2D eigenvalue weighted by molar-refractivity contribution is 5.85. The Labute approximate surface area is 152 Å². The SMILES string of the molecule is C[C@@H]1Cc2c([nH]c3ccccc23)[C@@H](c2ccc(F)nc2)N1CC(C)(C)F. The monoisotopic (exact) mass is 355 g/mol. The molecule has 0 unspecified atom stereocenters. The normalized spacial score (nSPS) is 21.1. The second-order valence-corrected chi connectivity index (χ2v) is 7.82. The smallest absolute Gasteiger partial charge is 0.212 e. The number of para-hydroxylation sites is 1. The summed E-state index contributed by atoms with van der Waals surface area (Å²) in [6, 6.07) is 11.3. The number of alkyl halides is 1. The first kappa shape index (κ1) is 17.2. The van der Waals surface area contributed by atoms with Crippen LogP contribution in [0.2, 0.25) is 0 Å². The second kappa shape index (κ2) is 6.16. The molecule has 0 bridgehead atoms. The molecule has 2 aromatic heterocycles. The van der Waals surface area contributed by atoms with Gasteiger partial charge in [0.1, 0.15) is 5.67 Å². The molecule has 1 aliphatic heterocycles. The number of H-pyrrole nitrogens is 1. The molecule has 2 atom stereocenters. The van der Waals surface area contributed by atoms with Crippen molar-refractivity contribution in [2.45, 2.75) is 44.9 Å². The summed E-state index contributed by atoms with van der Waals surface area (Å²) < 4.78 is 27.9. The first-order valence-corrected chi connectivity index (χ1v) is 8.99. The Bertz CT molecular complexity index is 925. The van der Waals surface area contributed by atoms with Gasteiger partial charge < -0.3 is 4.98 Å². The van der Waals surface area contributed by atoms with Crippen LogP contribution in [0.15, 0.2) is 42.6 Å². The van der Waals surface area contributed by atoms with Crippen molar-refractivity contribution in [3.63, 3.8) is 0 Å². The molecule has 0 amide bonds. The number of rotatable bonds is 3. The van der Waals surface area contributed by atoms with Crippen LogP contribution in [0.3, 0.4) is 0 Å². The lowest BCUT2D eigenvalue weighted by Gasteiger charge is -2.42. The van der Waals surface area contributed by atoms with Gasteiger partial charge >= 0.3 is 0 Å². The third-order valence-electron chi connectivity index (χ3n) is 5.14. The van der Waals surface area contributed by atoms with Gasteiger partial charge in [0.05, 0.1) is 6.04 Å². The average molecular weight is 355 g/mol. The molecule has 3 aromatic rings. The van der Waals surface area contributed by atoms with Gasteiger partial charge in [0.2, 0.25) is 5.95 Å². The largest absolute Gasteiger partial charge is 0.357 e. The van der Waals surface area contributed by atoms with Gasteiger partial charge in [-0.05, 0) is 50.5 Å². The molecule has 0 fully saturated rings. The summed E-state index contributed by atoms with van der Waals surface area (Å²) in [5.74, 6) is -0.508. The molecule has 1 aliphatic rings. The van der Waals surface area contributed by atoms with E-state index in [9.17, 15) is 8.78 Å². The fourth-order valence-electron chi connectivity index (χ4n) is 4.10. The number of aromatic amines is 1. The Morgan fingerprint density at radius 2 is 2.00 bits per heavy atom. The van der Waals surface area contributed by atoms with E-state index in [0.717, 1.165) is 23.2 Å². The fourth-order valence-corrected chi connectivity index (χ4v) is 4.10. The van der Waals surface area contributed by atoms with E-state index in [4.69, 9.17) is 0 Å². The fraction of sp³-hybridized carbons (Fsp3) is 0.381. The number of benzene rings is 1. The molecule has 0 aliphatic carbocycles. The third-order valence-corrected chi connectivity index (χ3v) is 5.14. The van der Waals surface area contributed by atoms with E-state index in [2.05, 4.69) is 33.9 Å². The number of fused-ring (bicyclic) bond motifs is 3. The number of halogens is 2. The standard InChI is InChI=1S/C21H23F2N3/c1-13-10-16-15-6-4-5-7-17(15)25-19(16)20(26(13)12-21(2,3)23)14-8-9-18(22)24-11-14/h4-9,11,13,20,25H,10,12H2,1-3H3/t13-,20-/m1/s1. The number of hydrogen-bond donors (Lipinski definition) is 1. The van der Waals surface area contributed by atoms with Crippen LogP contribution in [-0.2, 0) is 6.42 Å². The van der Waals surface area contributed by atoms with E-state index in [-0.39, 0.29) is 12.1 Å². The molecule has 0 spiro atoms. The van der Waals surface area contributed by atoms with Crippen LogP contribution in [0, 0.1) is 5.95 Å². The van der Waals surface area contributed by atoms with Crippen LogP contribution in [0.4, 0.5) is 8.78 Å². The molecule has 1 aromatic carbocycles. The summed E-state index contributed by atoms with van der Waals surface area (Å²) in [7, 11) is 0. The zero-order valence-corrected chi connectivity index (χ0v) is 15.3. The van der Waals surface area contributed by atoms with Crippen molar-refractivity contribution in [2.24, 2.45) is 0 Å². The van der Waals surface area contributed by atoms with Gasteiger partial charge in [-0.3, -0.25) is 4.90 Å². The van der Waals surface area contributed by atoms with E-state index < -0.39 is 11.6 Å². The Morgan fingerprint density at radius 1 is 1.23 bits per heavy atom. The van der Waals surface area contributed by atoms with Gasteiger partial charge in [-0.1, -0.05) is 24.3 Å². The molecule has 136 valence electrons. The first-order valence-electron chi connectivity index (χ1n) is 8.99. The zero-order valence-electron chi connectivity index (χ0n) is 15.3. The molecule has 26 heavy (non-hydrogen) atoms. The predicted molar refractivity (Wildman–Crippen MR) is 99.4 cm³/mol. The Kier molecular flexibility index (Phi) is 4.07. The van der Waals surface area contributed by atoms with Gasteiger partial charge in [0, 0.05) is 35.4 Å². The van der Waals surface area contributed by atoms with Crippen LogP contribution in [-0.4, -0.2) is 33.1 Å². The lowest BCUT2D eigenvalue weighted by molar-refractivity contribution is 0.0666. The quantitative estimate of drug-likeness (QED) is 0.685. The van der Waals surface area contributed by atoms with Crippen molar-refractivity contribution in [3.05, 3.63) is 65.4 Å². The number of nitrogens with zero attached hydrogens (tertiary/aromatic N) is 2. The second-order valence-electron chi connectivity index (χ2n) is 7.82. The summed E-state index contributed by atoms with van der Waals surface area (Å²) in [5.41, 5.74) is 2.93. The van der Waals surface area contributed by atoms with Gasteiger partial charge in [0.25, 0.3) is 0 Å². The van der Waals surface area contributed by atoms with Crippen molar-refractivity contribution >= 4 is 10.9 Å². The van der Waals surface area contributed by atoms with Crippen molar-refractivity contribution in [2.75, 3.05) is 6.54 Å². The van der Waals surface area contributed by atoms with Gasteiger partial charge in [-0.15, -0.1) is 0 Å². The first-order chi connectivity index (χ1) is 12.3. The summed E-state index contributed by atoms with van der Waals surface area (Å²) >= 11 is 0. The number of pyridine rings is 1. The van der Waals surface area contributed by atoms with Crippen LogP contribution in [0.5, 0.6) is 0 Å². The summed E-state index contributed by atoms with van der Waals surface area (Å²) in [4.78, 5) is 9.53. The van der Waals surface area contributed by atoms with Gasteiger partial charge in [-0.2, -0.15) is 4.39 Å². The number of aromatic nitrogens is 2. The molecule has 3 heterocycles. The van der Waals surface area contributed by atoms with Gasteiger partial charge in [0.15, 0.2) is 0 Å². The zero-order chi connectivity index (χ0) is 18.5. The lowest BCUT2D eigenvalue weighted by Crippen LogP contribution is -2.47. The van der Waals surface area contributed by atoms with E-state index in [0.29, 0.717) is 6.54 Å². The highest BCUT2D eigenvalue weighted by atomic mass is 19.1. The van der Waals surface area contributed by atoms with Crippen molar-refractivity contribution in [3.8, 4) is 0 Å². The maximum Gasteiger partial charge on any atom is 0.212 e. The maximum absolute atomic E-state index is 14.6. The molecule has 1 N–H and O–H groups in total. The van der Waals surface area contributed by atoms with Crippen molar-refractivity contribution in [1.82, 2.24) is 14.9 Å². The molecule has 5 heteroatoms. The number of nitrogens with one attached hydrogen (secondary N) is 1. The average Bonchev–Trinajstić information content (AvgIpc) is 2.94. The molecule has 0 radical (unpaired) electrons. The minimum Gasteiger partial charge on any atom is -0.357 e. The minimum absolute atomic E-state index is 0.159. The van der Waals surface area contributed by atoms with Crippen LogP contribution in [0.25, 0.3) is 10.9 Å².